The molecule has 0 aromatic rings. The van der Waals surface area contributed by atoms with Gasteiger partial charge in [-0.1, -0.05) is 0 Å². The van der Waals surface area contributed by atoms with Crippen LogP contribution in [0.5, 0.6) is 0 Å². The van der Waals surface area contributed by atoms with Gasteiger partial charge in [0.2, 0.25) is 0 Å². The average molecular weight is 258 g/mol. The summed E-state index contributed by atoms with van der Waals surface area (Å²) in [5, 5.41) is 20.6. The van der Waals surface area contributed by atoms with Crippen LogP contribution < -0.4 is 0 Å². The Hall–Kier alpha value is -0.610. The summed E-state index contributed by atoms with van der Waals surface area (Å²) in [5.41, 5.74) is -2.85. The van der Waals surface area contributed by atoms with Gasteiger partial charge in [-0.2, -0.15) is 0 Å². The second-order valence-corrected chi connectivity index (χ2v) is 6.45. The minimum atomic E-state index is -1.14. The topological polar surface area (TPSA) is 66.8 Å². The number of carbonyl (C=O) groups excluding carboxylic acids is 1. The molecule has 0 spiro atoms. The molecule has 2 N–H and O–H groups in total. The normalized spacial score (nSPS) is 36.7. The number of hydrogen-bond acceptors (Lipinski definition) is 4. The fourth-order valence-corrected chi connectivity index (χ4v) is 2.95. The summed E-state index contributed by atoms with van der Waals surface area (Å²) in [6, 6.07) is 0. The predicted octanol–water partition coefficient (Wildman–Crippen LogP) is 1.88. The van der Waals surface area contributed by atoms with Crippen LogP contribution in [0.25, 0.3) is 0 Å². The van der Waals surface area contributed by atoms with Crippen LogP contribution in [0.1, 0.15) is 53.9 Å². The molecule has 0 unspecified atom stereocenters. The lowest BCUT2D eigenvalue weighted by atomic mass is 9.72. The second kappa shape index (κ2) is 4.82. The number of aliphatic hydroxyl groups is 2. The standard InChI is InChI=1S/C14H26O4/c1-6-18-11(15)13(4)8-7-10(14(13,5)17)9-12(2,3)16/h10,16-17H,6-9H2,1-5H3/t10-,13-,14-/m1/s1. The molecule has 0 aromatic heterocycles. The number of hydrogen-bond donors (Lipinski definition) is 2. The van der Waals surface area contributed by atoms with Gasteiger partial charge < -0.3 is 14.9 Å². The fourth-order valence-electron chi connectivity index (χ4n) is 2.95. The number of ether oxygens (including phenoxy) is 1. The number of carbonyl (C=O) groups is 1. The number of rotatable bonds is 4. The Labute approximate surface area is 109 Å². The van der Waals surface area contributed by atoms with Crippen LogP contribution in [0.2, 0.25) is 0 Å². The van der Waals surface area contributed by atoms with E-state index in [1.54, 1.807) is 34.6 Å². The van der Waals surface area contributed by atoms with Crippen molar-refractivity contribution in [3.63, 3.8) is 0 Å². The molecular weight excluding hydrogens is 232 g/mol. The lowest BCUT2D eigenvalue weighted by molar-refractivity contribution is -0.172. The molecule has 3 atom stereocenters. The van der Waals surface area contributed by atoms with E-state index in [0.29, 0.717) is 19.4 Å². The van der Waals surface area contributed by atoms with Gasteiger partial charge in [0.25, 0.3) is 0 Å². The minimum absolute atomic E-state index is 0.0908. The summed E-state index contributed by atoms with van der Waals surface area (Å²) in [6.07, 6.45) is 1.81. The van der Waals surface area contributed by atoms with Crippen LogP contribution in [0.3, 0.4) is 0 Å². The van der Waals surface area contributed by atoms with Gasteiger partial charge in [-0.3, -0.25) is 4.79 Å². The quantitative estimate of drug-likeness (QED) is 0.756. The largest absolute Gasteiger partial charge is 0.465 e. The van der Waals surface area contributed by atoms with Crippen molar-refractivity contribution in [1.29, 1.82) is 0 Å². The molecule has 0 amide bonds. The van der Waals surface area contributed by atoms with Crippen molar-refractivity contribution in [2.75, 3.05) is 6.61 Å². The van der Waals surface area contributed by atoms with Crippen LogP contribution in [0.15, 0.2) is 0 Å². The molecule has 1 rings (SSSR count). The van der Waals surface area contributed by atoms with Crippen molar-refractivity contribution in [1.82, 2.24) is 0 Å². The van der Waals surface area contributed by atoms with Gasteiger partial charge in [-0.15, -0.1) is 0 Å². The zero-order valence-corrected chi connectivity index (χ0v) is 12.1. The highest BCUT2D eigenvalue weighted by Crippen LogP contribution is 2.52. The molecule has 106 valence electrons. The van der Waals surface area contributed by atoms with Gasteiger partial charge in [0.1, 0.15) is 0 Å². The lowest BCUT2D eigenvalue weighted by Crippen LogP contribution is -2.50. The summed E-state index contributed by atoms with van der Waals surface area (Å²) < 4.78 is 5.08. The Balaban J connectivity index is 2.91. The molecule has 4 nitrogen and oxygen atoms in total. The summed E-state index contributed by atoms with van der Waals surface area (Å²) in [4.78, 5) is 12.0. The van der Waals surface area contributed by atoms with E-state index in [4.69, 9.17) is 4.74 Å². The van der Waals surface area contributed by atoms with E-state index in [9.17, 15) is 15.0 Å². The molecule has 1 saturated carbocycles. The number of esters is 1. The molecule has 18 heavy (non-hydrogen) atoms. The molecule has 0 aromatic carbocycles. The minimum Gasteiger partial charge on any atom is -0.465 e. The molecule has 1 aliphatic rings. The van der Waals surface area contributed by atoms with E-state index in [-0.39, 0.29) is 11.9 Å². The first-order chi connectivity index (χ1) is 8.04. The Bertz CT molecular complexity index is 316. The average Bonchev–Trinajstić information content (AvgIpc) is 2.41. The third kappa shape index (κ3) is 2.69. The molecular formula is C14H26O4. The smallest absolute Gasteiger partial charge is 0.314 e. The van der Waals surface area contributed by atoms with Gasteiger partial charge >= 0.3 is 5.97 Å². The SMILES string of the molecule is CCOC(=O)[C@@]1(C)CC[C@H](CC(C)(C)O)[C@@]1(C)O. The van der Waals surface area contributed by atoms with Crippen LogP contribution in [0.4, 0.5) is 0 Å². The van der Waals surface area contributed by atoms with Crippen molar-refractivity contribution in [3.8, 4) is 0 Å². The monoisotopic (exact) mass is 258 g/mol. The summed E-state index contributed by atoms with van der Waals surface area (Å²) in [7, 11) is 0. The maximum absolute atomic E-state index is 12.0. The Kier molecular flexibility index (Phi) is 4.13. The van der Waals surface area contributed by atoms with Crippen LogP contribution >= 0.6 is 0 Å². The molecule has 0 heterocycles. The van der Waals surface area contributed by atoms with E-state index in [2.05, 4.69) is 0 Å². The summed E-state index contributed by atoms with van der Waals surface area (Å²) in [6.45, 7) is 8.98. The summed E-state index contributed by atoms with van der Waals surface area (Å²) in [5.74, 6) is -0.430. The van der Waals surface area contributed by atoms with Crippen molar-refractivity contribution < 1.29 is 19.7 Å². The first-order valence-corrected chi connectivity index (χ1v) is 6.66. The fraction of sp³-hybridized carbons (Fsp3) is 0.929. The first-order valence-electron chi connectivity index (χ1n) is 6.66. The third-order valence-electron chi connectivity index (χ3n) is 4.38. The molecule has 4 heteroatoms. The van der Waals surface area contributed by atoms with Crippen molar-refractivity contribution in [2.24, 2.45) is 11.3 Å². The molecule has 0 bridgehead atoms. The van der Waals surface area contributed by atoms with E-state index >= 15 is 0 Å². The Morgan fingerprint density at radius 3 is 2.44 bits per heavy atom. The summed E-state index contributed by atoms with van der Waals surface area (Å²) >= 11 is 0. The van der Waals surface area contributed by atoms with E-state index in [1.165, 1.54) is 0 Å². The van der Waals surface area contributed by atoms with Gasteiger partial charge in [0.05, 0.1) is 23.2 Å². The second-order valence-electron chi connectivity index (χ2n) is 6.45. The van der Waals surface area contributed by atoms with Gasteiger partial charge in [-0.05, 0) is 59.8 Å². The van der Waals surface area contributed by atoms with E-state index in [0.717, 1.165) is 6.42 Å². The third-order valence-corrected chi connectivity index (χ3v) is 4.38. The zero-order valence-electron chi connectivity index (χ0n) is 12.1. The highest BCUT2D eigenvalue weighted by molar-refractivity contribution is 5.78. The van der Waals surface area contributed by atoms with Gasteiger partial charge in [0, 0.05) is 0 Å². The maximum Gasteiger partial charge on any atom is 0.314 e. The van der Waals surface area contributed by atoms with Crippen LogP contribution in [-0.4, -0.2) is 34.0 Å². The van der Waals surface area contributed by atoms with Crippen LogP contribution in [-0.2, 0) is 9.53 Å². The van der Waals surface area contributed by atoms with Gasteiger partial charge in [0.15, 0.2) is 0 Å². The van der Waals surface area contributed by atoms with Crippen molar-refractivity contribution >= 4 is 5.97 Å². The van der Waals surface area contributed by atoms with Gasteiger partial charge in [-0.25, -0.2) is 0 Å². The lowest BCUT2D eigenvalue weighted by Gasteiger charge is -2.39. The highest BCUT2D eigenvalue weighted by atomic mass is 16.5. The highest BCUT2D eigenvalue weighted by Gasteiger charge is 2.59. The van der Waals surface area contributed by atoms with Crippen LogP contribution in [0, 0.1) is 11.3 Å². The maximum atomic E-state index is 12.0. The Morgan fingerprint density at radius 1 is 1.44 bits per heavy atom. The molecule has 1 fully saturated rings. The first kappa shape index (κ1) is 15.4. The predicted molar refractivity (Wildman–Crippen MR) is 69.0 cm³/mol. The molecule has 1 aliphatic carbocycles. The zero-order chi connectivity index (χ0) is 14.2. The van der Waals surface area contributed by atoms with Crippen molar-refractivity contribution in [2.45, 2.75) is 65.1 Å². The Morgan fingerprint density at radius 2 is 2.00 bits per heavy atom. The molecule has 0 radical (unpaired) electrons. The van der Waals surface area contributed by atoms with Crippen molar-refractivity contribution in [3.05, 3.63) is 0 Å². The van der Waals surface area contributed by atoms with E-state index in [1.807, 2.05) is 0 Å². The van der Waals surface area contributed by atoms with E-state index < -0.39 is 16.6 Å². The molecule has 0 aliphatic heterocycles. The molecule has 0 saturated heterocycles.